The number of para-hydroxylation sites is 2. The summed E-state index contributed by atoms with van der Waals surface area (Å²) in [6, 6.07) is 65.1. The lowest BCUT2D eigenvalue weighted by Crippen LogP contribution is -2.09. The molecule has 8 rings (SSSR count). The first kappa shape index (κ1) is 25.8. The zero-order chi connectivity index (χ0) is 29.3. The third-order valence-electron chi connectivity index (χ3n) is 8.34. The lowest BCUT2D eigenvalue weighted by atomic mass is 9.98. The number of hydrogen-bond acceptors (Lipinski definition) is 1. The summed E-state index contributed by atoms with van der Waals surface area (Å²) in [5.41, 5.74) is 10.4. The minimum absolute atomic E-state index is 1.11. The zero-order valence-corrected chi connectivity index (χ0v) is 24.2. The van der Waals surface area contributed by atoms with E-state index < -0.39 is 0 Å². The summed E-state index contributed by atoms with van der Waals surface area (Å²) in [4.78, 5) is 2.33. The maximum atomic E-state index is 2.46. The smallest absolute Gasteiger partial charge is 0.0619 e. The van der Waals surface area contributed by atoms with Crippen molar-refractivity contribution in [2.45, 2.75) is 0 Å². The molecule has 0 saturated carbocycles. The van der Waals surface area contributed by atoms with E-state index in [-0.39, 0.29) is 0 Å². The van der Waals surface area contributed by atoms with Crippen LogP contribution in [0.3, 0.4) is 0 Å². The Morgan fingerprint density at radius 2 is 0.932 bits per heavy atom. The van der Waals surface area contributed by atoms with E-state index in [1.165, 1.54) is 38.5 Å². The quantitative estimate of drug-likeness (QED) is 0.196. The molecule has 2 heteroatoms. The van der Waals surface area contributed by atoms with Crippen LogP contribution in [-0.4, -0.2) is 4.57 Å². The summed E-state index contributed by atoms with van der Waals surface area (Å²) < 4.78 is 2.46. The van der Waals surface area contributed by atoms with Crippen LogP contribution in [-0.2, 0) is 0 Å². The van der Waals surface area contributed by atoms with Crippen molar-refractivity contribution in [1.29, 1.82) is 0 Å². The minimum atomic E-state index is 1.11. The first-order valence-electron chi connectivity index (χ1n) is 15.0. The highest BCUT2D eigenvalue weighted by atomic mass is 15.1. The predicted octanol–water partition coefficient (Wildman–Crippen LogP) is 11.6. The van der Waals surface area contributed by atoms with Gasteiger partial charge in [-0.2, -0.15) is 0 Å². The van der Waals surface area contributed by atoms with Gasteiger partial charge in [-0.1, -0.05) is 133 Å². The first-order valence-corrected chi connectivity index (χ1v) is 15.0. The van der Waals surface area contributed by atoms with E-state index in [1.807, 2.05) is 0 Å². The van der Waals surface area contributed by atoms with Crippen molar-refractivity contribution < 1.29 is 0 Å². The van der Waals surface area contributed by atoms with Crippen molar-refractivity contribution in [2.24, 2.45) is 0 Å². The Bertz CT molecular complexity index is 2160. The van der Waals surface area contributed by atoms with Gasteiger partial charge in [0.1, 0.15) is 0 Å². The second kappa shape index (κ2) is 11.1. The van der Waals surface area contributed by atoms with Crippen molar-refractivity contribution >= 4 is 38.7 Å². The fraction of sp³-hybridized carbons (Fsp3) is 0. The van der Waals surface area contributed by atoms with Gasteiger partial charge in [0.25, 0.3) is 0 Å². The Balaban J connectivity index is 1.48. The molecule has 1 heterocycles. The van der Waals surface area contributed by atoms with Crippen molar-refractivity contribution in [2.75, 3.05) is 4.90 Å². The Labute approximate surface area is 257 Å². The van der Waals surface area contributed by atoms with Crippen LogP contribution in [0.15, 0.2) is 182 Å². The number of fused-ring (bicyclic) bond motifs is 2. The van der Waals surface area contributed by atoms with Gasteiger partial charge in [0.15, 0.2) is 0 Å². The molecule has 7 aromatic carbocycles. The van der Waals surface area contributed by atoms with Crippen LogP contribution in [0.1, 0.15) is 0 Å². The molecule has 0 radical (unpaired) electrons. The molecule has 8 aromatic rings. The number of hydrogen-bond donors (Lipinski definition) is 0. The van der Waals surface area contributed by atoms with Crippen molar-refractivity contribution in [1.82, 2.24) is 4.57 Å². The standard InChI is InChI=1S/C42H30N2/c1-5-16-32(17-6-1)41-39-28-27-38(43(35-21-9-3-10-22-35)36-23-11-4-12-24-36)30-40(39)44(42(41)33-18-7-2-8-19-33)37-26-25-31-15-13-14-20-34(31)29-37/h1-30H. The second-order valence-corrected chi connectivity index (χ2v) is 11.0. The highest BCUT2D eigenvalue weighted by Crippen LogP contribution is 2.45. The van der Waals surface area contributed by atoms with Crippen molar-refractivity contribution in [3.63, 3.8) is 0 Å². The average Bonchev–Trinajstić information content (AvgIpc) is 3.44. The Hall–Kier alpha value is -5.86. The molecule has 2 nitrogen and oxygen atoms in total. The van der Waals surface area contributed by atoms with E-state index in [2.05, 4.69) is 191 Å². The summed E-state index contributed by atoms with van der Waals surface area (Å²) in [5, 5.41) is 3.67. The number of anilines is 3. The van der Waals surface area contributed by atoms with Gasteiger partial charge in [-0.25, -0.2) is 0 Å². The van der Waals surface area contributed by atoms with Gasteiger partial charge >= 0.3 is 0 Å². The highest BCUT2D eigenvalue weighted by molar-refractivity contribution is 6.07. The van der Waals surface area contributed by atoms with Crippen LogP contribution in [0.2, 0.25) is 0 Å². The summed E-state index contributed by atoms with van der Waals surface area (Å²) in [6.07, 6.45) is 0. The molecule has 0 N–H and O–H groups in total. The summed E-state index contributed by atoms with van der Waals surface area (Å²) in [6.45, 7) is 0. The molecule has 0 amide bonds. The van der Waals surface area contributed by atoms with Gasteiger partial charge in [0, 0.05) is 33.7 Å². The van der Waals surface area contributed by atoms with E-state index in [0.29, 0.717) is 0 Å². The lowest BCUT2D eigenvalue weighted by Gasteiger charge is -2.25. The molecule has 0 bridgehead atoms. The Morgan fingerprint density at radius 3 is 1.57 bits per heavy atom. The van der Waals surface area contributed by atoms with Crippen LogP contribution in [0.25, 0.3) is 49.7 Å². The van der Waals surface area contributed by atoms with E-state index in [1.54, 1.807) is 0 Å². The fourth-order valence-corrected chi connectivity index (χ4v) is 6.37. The van der Waals surface area contributed by atoms with Gasteiger partial charge in [0.05, 0.1) is 11.2 Å². The number of aromatic nitrogens is 1. The molecule has 1 aromatic heterocycles. The Morgan fingerprint density at radius 1 is 0.386 bits per heavy atom. The van der Waals surface area contributed by atoms with Gasteiger partial charge in [0.2, 0.25) is 0 Å². The maximum Gasteiger partial charge on any atom is 0.0619 e. The molecular weight excluding hydrogens is 532 g/mol. The summed E-state index contributed by atoms with van der Waals surface area (Å²) >= 11 is 0. The molecule has 0 unspecified atom stereocenters. The Kier molecular flexibility index (Phi) is 6.51. The SMILES string of the molecule is c1ccc(-c2c(-c3ccccc3)n(-c3ccc4ccccc4c3)c3cc(N(c4ccccc4)c4ccccc4)ccc23)cc1. The van der Waals surface area contributed by atoms with E-state index in [9.17, 15) is 0 Å². The molecule has 0 atom stereocenters. The molecule has 208 valence electrons. The van der Waals surface area contributed by atoms with E-state index >= 15 is 0 Å². The van der Waals surface area contributed by atoms with Crippen molar-refractivity contribution in [3.05, 3.63) is 182 Å². The van der Waals surface area contributed by atoms with Crippen LogP contribution in [0.5, 0.6) is 0 Å². The van der Waals surface area contributed by atoms with Gasteiger partial charge in [-0.15, -0.1) is 0 Å². The lowest BCUT2D eigenvalue weighted by molar-refractivity contribution is 1.14. The van der Waals surface area contributed by atoms with Crippen molar-refractivity contribution in [3.8, 4) is 28.1 Å². The topological polar surface area (TPSA) is 8.17 Å². The monoisotopic (exact) mass is 562 g/mol. The van der Waals surface area contributed by atoms with Crippen LogP contribution < -0.4 is 4.90 Å². The molecule has 0 aliphatic rings. The summed E-state index contributed by atoms with van der Waals surface area (Å²) in [5.74, 6) is 0. The fourth-order valence-electron chi connectivity index (χ4n) is 6.37. The second-order valence-electron chi connectivity index (χ2n) is 11.0. The highest BCUT2D eigenvalue weighted by Gasteiger charge is 2.23. The molecule has 0 aliphatic carbocycles. The van der Waals surface area contributed by atoms with Crippen LogP contribution in [0, 0.1) is 0 Å². The maximum absolute atomic E-state index is 2.46. The van der Waals surface area contributed by atoms with Gasteiger partial charge in [-0.05, 0) is 70.4 Å². The molecule has 0 spiro atoms. The number of rotatable bonds is 6. The largest absolute Gasteiger partial charge is 0.310 e. The van der Waals surface area contributed by atoms with Gasteiger partial charge in [-0.3, -0.25) is 0 Å². The van der Waals surface area contributed by atoms with Crippen LogP contribution in [0.4, 0.5) is 17.1 Å². The predicted molar refractivity (Wildman–Crippen MR) is 186 cm³/mol. The van der Waals surface area contributed by atoms with E-state index in [4.69, 9.17) is 0 Å². The zero-order valence-electron chi connectivity index (χ0n) is 24.2. The van der Waals surface area contributed by atoms with E-state index in [0.717, 1.165) is 28.3 Å². The third-order valence-corrected chi connectivity index (χ3v) is 8.34. The number of benzene rings is 7. The molecular formula is C42H30N2. The third kappa shape index (κ3) is 4.54. The molecule has 44 heavy (non-hydrogen) atoms. The van der Waals surface area contributed by atoms with Gasteiger partial charge < -0.3 is 9.47 Å². The summed E-state index contributed by atoms with van der Waals surface area (Å²) in [7, 11) is 0. The normalized spacial score (nSPS) is 11.2. The average molecular weight is 563 g/mol. The molecule has 0 aliphatic heterocycles. The number of nitrogens with zero attached hydrogens (tertiary/aromatic N) is 2. The molecule has 0 fully saturated rings. The minimum Gasteiger partial charge on any atom is -0.310 e. The first-order chi connectivity index (χ1) is 21.8. The molecule has 0 saturated heterocycles. The van der Waals surface area contributed by atoms with Crippen LogP contribution >= 0.6 is 0 Å².